The Morgan fingerprint density at radius 3 is 2.67 bits per heavy atom. The molecule has 10 heteroatoms. The van der Waals surface area contributed by atoms with Gasteiger partial charge in [-0.2, -0.15) is 13.2 Å². The predicted molar refractivity (Wildman–Crippen MR) is 95.5 cm³/mol. The van der Waals surface area contributed by atoms with E-state index in [-0.39, 0.29) is 22.7 Å². The van der Waals surface area contributed by atoms with Crippen LogP contribution >= 0.6 is 11.6 Å². The van der Waals surface area contributed by atoms with E-state index in [0.29, 0.717) is 12.1 Å². The average Bonchev–Trinajstić information content (AvgIpc) is 2.60. The van der Waals surface area contributed by atoms with Crippen molar-refractivity contribution in [3.05, 3.63) is 47.1 Å². The Bertz CT molecular complexity index is 1010. The molecule has 0 spiro atoms. The number of pyridine rings is 1. The van der Waals surface area contributed by atoms with Crippen LogP contribution in [0.5, 0.6) is 0 Å². The summed E-state index contributed by atoms with van der Waals surface area (Å²) in [4.78, 5) is 24.2. The maximum absolute atomic E-state index is 13.1. The van der Waals surface area contributed by atoms with E-state index in [2.05, 4.69) is 25.6 Å². The number of carbonyl (C=O) groups is 1. The number of nitrogens with one attached hydrogen (secondary N) is 2. The van der Waals surface area contributed by atoms with Gasteiger partial charge in [0.05, 0.1) is 22.5 Å². The number of halogens is 4. The fourth-order valence-corrected chi connectivity index (χ4v) is 2.55. The lowest BCUT2D eigenvalue weighted by Crippen LogP contribution is -2.28. The molecule has 0 saturated carbocycles. The quantitative estimate of drug-likeness (QED) is 0.684. The molecule has 0 saturated heterocycles. The number of carbonyl (C=O) groups excluding carboxylic acids is 1. The molecule has 0 aliphatic heterocycles. The summed E-state index contributed by atoms with van der Waals surface area (Å²) in [5, 5.41) is 4.70. The Kier molecular flexibility index (Phi) is 5.13. The molecule has 0 aliphatic carbocycles. The van der Waals surface area contributed by atoms with Crippen LogP contribution in [0.3, 0.4) is 0 Å². The Balaban J connectivity index is 1.99. The van der Waals surface area contributed by atoms with Crippen LogP contribution in [0.25, 0.3) is 22.4 Å². The van der Waals surface area contributed by atoms with Crippen molar-refractivity contribution in [3.63, 3.8) is 0 Å². The number of anilines is 1. The summed E-state index contributed by atoms with van der Waals surface area (Å²) in [6.07, 6.45) is -3.23. The van der Waals surface area contributed by atoms with Crippen molar-refractivity contribution < 1.29 is 18.0 Å². The van der Waals surface area contributed by atoms with Crippen molar-refractivity contribution in [2.75, 3.05) is 11.9 Å². The zero-order chi connectivity index (χ0) is 19.6. The molecule has 140 valence electrons. The molecule has 1 aromatic carbocycles. The van der Waals surface area contributed by atoms with Gasteiger partial charge in [0, 0.05) is 12.1 Å². The predicted octanol–water partition coefficient (Wildman–Crippen LogP) is 4.51. The van der Waals surface area contributed by atoms with Gasteiger partial charge in [0.15, 0.2) is 5.65 Å². The number of alkyl halides is 3. The largest absolute Gasteiger partial charge is 0.417 e. The van der Waals surface area contributed by atoms with E-state index in [1.54, 1.807) is 19.1 Å². The van der Waals surface area contributed by atoms with E-state index in [0.717, 1.165) is 12.1 Å². The topological polar surface area (TPSA) is 79.8 Å². The second-order valence-corrected chi connectivity index (χ2v) is 5.88. The summed E-state index contributed by atoms with van der Waals surface area (Å²) in [5.74, 6) is 0.243. The molecule has 2 amide bonds. The highest BCUT2D eigenvalue weighted by Gasteiger charge is 2.33. The van der Waals surface area contributed by atoms with Crippen molar-refractivity contribution in [1.82, 2.24) is 20.3 Å². The number of urea groups is 1. The molecule has 2 N–H and O–H groups in total. The molecule has 0 unspecified atom stereocenters. The summed E-state index contributed by atoms with van der Waals surface area (Å²) < 4.78 is 39.2. The lowest BCUT2D eigenvalue weighted by Gasteiger charge is -2.11. The van der Waals surface area contributed by atoms with Crippen LogP contribution in [0.1, 0.15) is 12.5 Å². The fraction of sp³-hybridized carbons (Fsp3) is 0.176. The SMILES string of the molecule is CCNC(=O)Nc1ccc2ncc(-c3ccc(Cl)c(C(F)(F)F)c3)nc2n1. The number of nitrogens with zero attached hydrogens (tertiary/aromatic N) is 3. The van der Waals surface area contributed by atoms with Gasteiger partial charge >= 0.3 is 12.2 Å². The summed E-state index contributed by atoms with van der Waals surface area (Å²) in [6, 6.07) is 6.21. The van der Waals surface area contributed by atoms with Gasteiger partial charge in [-0.1, -0.05) is 17.7 Å². The van der Waals surface area contributed by atoms with Gasteiger partial charge in [-0.15, -0.1) is 0 Å². The van der Waals surface area contributed by atoms with Crippen molar-refractivity contribution >= 4 is 34.6 Å². The van der Waals surface area contributed by atoms with Gasteiger partial charge in [0.2, 0.25) is 0 Å². The summed E-state index contributed by atoms with van der Waals surface area (Å²) >= 11 is 5.64. The fourth-order valence-electron chi connectivity index (χ4n) is 2.33. The molecule has 3 aromatic rings. The number of hydrogen-bond acceptors (Lipinski definition) is 4. The molecule has 0 radical (unpaired) electrons. The Labute approximate surface area is 156 Å². The normalized spacial score (nSPS) is 11.4. The first-order valence-electron chi connectivity index (χ1n) is 7.83. The number of amides is 2. The molecule has 0 bridgehead atoms. The van der Waals surface area contributed by atoms with Crippen LogP contribution in [0, 0.1) is 0 Å². The standard InChI is InChI=1S/C17H13ClF3N5O/c1-2-22-16(27)26-14-6-5-12-15(25-14)24-13(8-23-12)9-3-4-11(18)10(7-9)17(19,20)21/h3-8H,2H2,1H3,(H2,22,24,25,26,27). The van der Waals surface area contributed by atoms with Crippen LogP contribution < -0.4 is 10.6 Å². The third kappa shape index (κ3) is 4.25. The second kappa shape index (κ2) is 7.36. The zero-order valence-corrected chi connectivity index (χ0v) is 14.7. The molecule has 0 atom stereocenters. The monoisotopic (exact) mass is 395 g/mol. The third-order valence-corrected chi connectivity index (χ3v) is 3.88. The lowest BCUT2D eigenvalue weighted by molar-refractivity contribution is -0.137. The number of rotatable bonds is 3. The van der Waals surface area contributed by atoms with Crippen molar-refractivity contribution in [2.24, 2.45) is 0 Å². The first-order chi connectivity index (χ1) is 12.8. The van der Waals surface area contributed by atoms with E-state index in [4.69, 9.17) is 11.6 Å². The van der Waals surface area contributed by atoms with E-state index < -0.39 is 22.8 Å². The van der Waals surface area contributed by atoms with Crippen molar-refractivity contribution in [3.8, 4) is 11.3 Å². The molecule has 3 rings (SSSR count). The summed E-state index contributed by atoms with van der Waals surface area (Å²) in [6.45, 7) is 2.22. The number of fused-ring (bicyclic) bond motifs is 1. The van der Waals surface area contributed by atoms with E-state index in [9.17, 15) is 18.0 Å². The first kappa shape index (κ1) is 18.8. The van der Waals surface area contributed by atoms with Crippen LogP contribution in [-0.2, 0) is 6.18 Å². The molecule has 0 fully saturated rings. The summed E-state index contributed by atoms with van der Waals surface area (Å²) in [5.41, 5.74) is 0.0658. The first-order valence-corrected chi connectivity index (χ1v) is 8.21. The maximum atomic E-state index is 13.1. The van der Waals surface area contributed by atoms with Gasteiger partial charge in [-0.05, 0) is 31.2 Å². The van der Waals surface area contributed by atoms with Crippen LogP contribution in [0.2, 0.25) is 5.02 Å². The second-order valence-electron chi connectivity index (χ2n) is 5.47. The van der Waals surface area contributed by atoms with Gasteiger partial charge in [0.25, 0.3) is 0 Å². The van der Waals surface area contributed by atoms with E-state index >= 15 is 0 Å². The Morgan fingerprint density at radius 1 is 1.19 bits per heavy atom. The van der Waals surface area contributed by atoms with Gasteiger partial charge < -0.3 is 5.32 Å². The van der Waals surface area contributed by atoms with Gasteiger partial charge in [0.1, 0.15) is 11.3 Å². The maximum Gasteiger partial charge on any atom is 0.417 e. The minimum atomic E-state index is -4.58. The van der Waals surface area contributed by atoms with E-state index in [1.807, 2.05) is 0 Å². The molecule has 0 aliphatic rings. The summed E-state index contributed by atoms with van der Waals surface area (Å²) in [7, 11) is 0. The number of benzene rings is 1. The molecular formula is C17H13ClF3N5O. The smallest absolute Gasteiger partial charge is 0.338 e. The van der Waals surface area contributed by atoms with Crippen molar-refractivity contribution in [2.45, 2.75) is 13.1 Å². The minimum Gasteiger partial charge on any atom is -0.338 e. The molecular weight excluding hydrogens is 383 g/mol. The minimum absolute atomic E-state index is 0.185. The molecule has 6 nitrogen and oxygen atoms in total. The van der Waals surface area contributed by atoms with Crippen LogP contribution in [0.15, 0.2) is 36.5 Å². The third-order valence-electron chi connectivity index (χ3n) is 3.55. The highest BCUT2D eigenvalue weighted by molar-refractivity contribution is 6.31. The number of hydrogen-bond donors (Lipinski definition) is 2. The van der Waals surface area contributed by atoms with Gasteiger partial charge in [-0.25, -0.2) is 14.8 Å². The molecule has 2 heterocycles. The Morgan fingerprint density at radius 2 is 1.96 bits per heavy atom. The Hall–Kier alpha value is -2.94. The highest BCUT2D eigenvalue weighted by atomic mass is 35.5. The number of aromatic nitrogens is 3. The lowest BCUT2D eigenvalue weighted by atomic mass is 10.1. The zero-order valence-electron chi connectivity index (χ0n) is 13.9. The van der Waals surface area contributed by atoms with Crippen molar-refractivity contribution in [1.29, 1.82) is 0 Å². The van der Waals surface area contributed by atoms with E-state index in [1.165, 1.54) is 12.3 Å². The molecule has 2 aromatic heterocycles. The molecule has 27 heavy (non-hydrogen) atoms. The van der Waals surface area contributed by atoms with Gasteiger partial charge in [-0.3, -0.25) is 10.3 Å². The highest BCUT2D eigenvalue weighted by Crippen LogP contribution is 2.36. The van der Waals surface area contributed by atoms with Crippen LogP contribution in [-0.4, -0.2) is 27.5 Å². The van der Waals surface area contributed by atoms with Crippen LogP contribution in [0.4, 0.5) is 23.8 Å². The average molecular weight is 396 g/mol.